The highest BCUT2D eigenvalue weighted by Gasteiger charge is 2.22. The standard InChI is InChI=1S/C14H20N2O4/c1-14(2,3)20-13(19)16-11(12(15)18)8-9-4-6-10(17)7-5-9/h4-7,11,17H,8H2,1-3H3,(H2,15,18)(H,16,19)/t11-/m0/s1. The Morgan fingerprint density at radius 3 is 2.30 bits per heavy atom. The molecule has 6 nitrogen and oxygen atoms in total. The lowest BCUT2D eigenvalue weighted by atomic mass is 10.1. The molecule has 0 unspecified atom stereocenters. The number of hydrogen-bond donors (Lipinski definition) is 3. The number of hydrogen-bond acceptors (Lipinski definition) is 4. The zero-order valence-corrected chi connectivity index (χ0v) is 11.8. The molecule has 0 bridgehead atoms. The van der Waals surface area contributed by atoms with E-state index in [1.165, 1.54) is 12.1 Å². The summed E-state index contributed by atoms with van der Waals surface area (Å²) in [6.07, 6.45) is -0.463. The number of nitrogens with two attached hydrogens (primary N) is 1. The molecular weight excluding hydrogens is 260 g/mol. The zero-order chi connectivity index (χ0) is 15.3. The SMILES string of the molecule is CC(C)(C)OC(=O)N[C@@H](Cc1ccc(O)cc1)C(N)=O. The summed E-state index contributed by atoms with van der Waals surface area (Å²) < 4.78 is 5.08. The Hall–Kier alpha value is -2.24. The first-order valence-electron chi connectivity index (χ1n) is 6.24. The van der Waals surface area contributed by atoms with Gasteiger partial charge >= 0.3 is 6.09 Å². The number of ether oxygens (including phenoxy) is 1. The minimum Gasteiger partial charge on any atom is -0.508 e. The lowest BCUT2D eigenvalue weighted by Gasteiger charge is -2.22. The van der Waals surface area contributed by atoms with Crippen LogP contribution < -0.4 is 11.1 Å². The van der Waals surface area contributed by atoms with Crippen molar-refractivity contribution in [2.45, 2.75) is 38.8 Å². The van der Waals surface area contributed by atoms with E-state index in [1.54, 1.807) is 32.9 Å². The number of amides is 2. The average molecular weight is 280 g/mol. The number of primary amides is 1. The van der Waals surface area contributed by atoms with E-state index in [2.05, 4.69) is 5.32 Å². The highest BCUT2D eigenvalue weighted by molar-refractivity contribution is 5.84. The number of carbonyl (C=O) groups excluding carboxylic acids is 2. The summed E-state index contributed by atoms with van der Waals surface area (Å²) in [4.78, 5) is 23.0. The van der Waals surface area contributed by atoms with Crippen molar-refractivity contribution >= 4 is 12.0 Å². The molecular formula is C14H20N2O4. The molecule has 6 heteroatoms. The van der Waals surface area contributed by atoms with E-state index >= 15 is 0 Å². The van der Waals surface area contributed by atoms with E-state index in [9.17, 15) is 14.7 Å². The molecule has 0 fully saturated rings. The number of aromatic hydroxyl groups is 1. The van der Waals surface area contributed by atoms with Gasteiger partial charge in [-0.1, -0.05) is 12.1 Å². The first-order valence-corrected chi connectivity index (χ1v) is 6.24. The second-order valence-electron chi connectivity index (χ2n) is 5.47. The quantitative estimate of drug-likeness (QED) is 0.774. The molecule has 4 N–H and O–H groups in total. The molecule has 0 aromatic heterocycles. The van der Waals surface area contributed by atoms with Crippen LogP contribution in [0.25, 0.3) is 0 Å². The Morgan fingerprint density at radius 2 is 1.85 bits per heavy atom. The monoisotopic (exact) mass is 280 g/mol. The summed E-state index contributed by atoms with van der Waals surface area (Å²) >= 11 is 0. The number of rotatable bonds is 4. The van der Waals surface area contributed by atoms with E-state index in [-0.39, 0.29) is 12.2 Å². The average Bonchev–Trinajstić information content (AvgIpc) is 2.28. The first kappa shape index (κ1) is 15.8. The van der Waals surface area contributed by atoms with Crippen LogP contribution in [0.1, 0.15) is 26.3 Å². The second-order valence-corrected chi connectivity index (χ2v) is 5.47. The molecule has 0 heterocycles. The van der Waals surface area contributed by atoms with Crippen molar-refractivity contribution in [3.63, 3.8) is 0 Å². The van der Waals surface area contributed by atoms with E-state index in [4.69, 9.17) is 10.5 Å². The van der Waals surface area contributed by atoms with Gasteiger partial charge in [0.1, 0.15) is 17.4 Å². The number of phenols is 1. The van der Waals surface area contributed by atoms with E-state index in [0.29, 0.717) is 0 Å². The second kappa shape index (κ2) is 6.27. The van der Waals surface area contributed by atoms with Crippen molar-refractivity contribution in [3.05, 3.63) is 29.8 Å². The largest absolute Gasteiger partial charge is 0.508 e. The number of nitrogens with one attached hydrogen (secondary N) is 1. The van der Waals surface area contributed by atoms with Crippen molar-refractivity contribution < 1.29 is 19.4 Å². The lowest BCUT2D eigenvalue weighted by Crippen LogP contribution is -2.47. The van der Waals surface area contributed by atoms with Gasteiger partial charge in [-0.25, -0.2) is 4.79 Å². The van der Waals surface area contributed by atoms with Gasteiger partial charge in [-0.3, -0.25) is 4.79 Å². The van der Waals surface area contributed by atoms with Gasteiger partial charge in [0.2, 0.25) is 5.91 Å². The fourth-order valence-electron chi connectivity index (χ4n) is 1.54. The van der Waals surface area contributed by atoms with Crippen LogP contribution >= 0.6 is 0 Å². The third-order valence-electron chi connectivity index (χ3n) is 2.41. The fraction of sp³-hybridized carbons (Fsp3) is 0.429. The van der Waals surface area contributed by atoms with Crippen LogP contribution in [0.15, 0.2) is 24.3 Å². The number of alkyl carbamates (subject to hydrolysis) is 1. The Bertz CT molecular complexity index is 477. The lowest BCUT2D eigenvalue weighted by molar-refractivity contribution is -0.120. The summed E-state index contributed by atoms with van der Waals surface area (Å²) in [6.45, 7) is 5.18. The predicted octanol–water partition coefficient (Wildman–Crippen LogP) is 1.31. The molecule has 0 aliphatic carbocycles. The van der Waals surface area contributed by atoms with Gasteiger partial charge in [0.25, 0.3) is 0 Å². The topological polar surface area (TPSA) is 102 Å². The van der Waals surface area contributed by atoms with Crippen molar-refractivity contribution in [1.82, 2.24) is 5.32 Å². The Labute approximate surface area is 117 Å². The molecule has 0 saturated carbocycles. The number of phenolic OH excluding ortho intramolecular Hbond substituents is 1. The molecule has 110 valence electrons. The predicted molar refractivity (Wildman–Crippen MR) is 74.2 cm³/mol. The molecule has 1 atom stereocenters. The fourth-order valence-corrected chi connectivity index (χ4v) is 1.54. The van der Waals surface area contributed by atoms with Crippen molar-refractivity contribution in [1.29, 1.82) is 0 Å². The minimum absolute atomic E-state index is 0.129. The van der Waals surface area contributed by atoms with Gasteiger partial charge in [0.05, 0.1) is 0 Å². The highest BCUT2D eigenvalue weighted by Crippen LogP contribution is 2.12. The molecule has 1 aromatic rings. The van der Waals surface area contributed by atoms with Crippen LogP contribution in [-0.2, 0) is 16.0 Å². The Kier molecular flexibility index (Phi) is 4.96. The molecule has 0 spiro atoms. The Balaban J connectivity index is 2.68. The van der Waals surface area contributed by atoms with Crippen molar-refractivity contribution in [3.8, 4) is 5.75 Å². The molecule has 1 rings (SSSR count). The first-order chi connectivity index (χ1) is 9.17. The normalized spacial score (nSPS) is 12.6. The van der Waals surface area contributed by atoms with Crippen molar-refractivity contribution in [2.75, 3.05) is 0 Å². The summed E-state index contributed by atoms with van der Waals surface area (Å²) in [5.41, 5.74) is 5.39. The van der Waals surface area contributed by atoms with Crippen LogP contribution in [0.2, 0.25) is 0 Å². The van der Waals surface area contributed by atoms with Gasteiger partial charge in [-0.05, 0) is 38.5 Å². The third kappa shape index (κ3) is 5.60. The highest BCUT2D eigenvalue weighted by atomic mass is 16.6. The van der Waals surface area contributed by atoms with Crippen LogP contribution in [0.5, 0.6) is 5.75 Å². The van der Waals surface area contributed by atoms with Crippen LogP contribution in [-0.4, -0.2) is 28.7 Å². The maximum absolute atomic E-state index is 11.6. The smallest absolute Gasteiger partial charge is 0.408 e. The van der Waals surface area contributed by atoms with Crippen LogP contribution in [0.3, 0.4) is 0 Å². The van der Waals surface area contributed by atoms with Gasteiger partial charge in [0.15, 0.2) is 0 Å². The molecule has 0 aliphatic rings. The maximum atomic E-state index is 11.6. The van der Waals surface area contributed by atoms with Crippen LogP contribution in [0.4, 0.5) is 4.79 Å². The maximum Gasteiger partial charge on any atom is 0.408 e. The molecule has 0 saturated heterocycles. The Morgan fingerprint density at radius 1 is 1.30 bits per heavy atom. The molecule has 2 amide bonds. The summed E-state index contributed by atoms with van der Waals surface area (Å²) in [5.74, 6) is -0.520. The van der Waals surface area contributed by atoms with E-state index in [0.717, 1.165) is 5.56 Å². The molecule has 0 radical (unpaired) electrons. The molecule has 0 aliphatic heterocycles. The van der Waals surface area contributed by atoms with Crippen LogP contribution in [0, 0.1) is 0 Å². The molecule has 1 aromatic carbocycles. The molecule has 20 heavy (non-hydrogen) atoms. The van der Waals surface area contributed by atoms with Gasteiger partial charge in [0, 0.05) is 6.42 Å². The number of benzene rings is 1. The van der Waals surface area contributed by atoms with Gasteiger partial charge in [-0.2, -0.15) is 0 Å². The van der Waals surface area contributed by atoms with E-state index < -0.39 is 23.6 Å². The van der Waals surface area contributed by atoms with E-state index in [1.807, 2.05) is 0 Å². The number of carbonyl (C=O) groups is 2. The van der Waals surface area contributed by atoms with Gasteiger partial charge in [-0.15, -0.1) is 0 Å². The summed E-state index contributed by atoms with van der Waals surface area (Å²) in [7, 11) is 0. The third-order valence-corrected chi connectivity index (χ3v) is 2.41. The summed E-state index contributed by atoms with van der Waals surface area (Å²) in [5, 5.41) is 11.6. The minimum atomic E-state index is -0.866. The van der Waals surface area contributed by atoms with Gasteiger partial charge < -0.3 is 20.9 Å². The zero-order valence-electron chi connectivity index (χ0n) is 11.8. The van der Waals surface area contributed by atoms with Crippen molar-refractivity contribution in [2.24, 2.45) is 5.73 Å². The summed E-state index contributed by atoms with van der Waals surface area (Å²) in [6, 6.07) is 5.45.